The van der Waals surface area contributed by atoms with Crippen molar-refractivity contribution in [2.45, 2.75) is 19.3 Å². The molecule has 108 valence electrons. The Morgan fingerprint density at radius 2 is 2.00 bits per heavy atom. The molecular formula is C16H22N2O2. The van der Waals surface area contributed by atoms with Crippen LogP contribution in [0.5, 0.6) is 0 Å². The monoisotopic (exact) mass is 274 g/mol. The van der Waals surface area contributed by atoms with Crippen molar-refractivity contribution in [1.82, 2.24) is 5.32 Å². The molecule has 4 nitrogen and oxygen atoms in total. The second-order valence-corrected chi connectivity index (χ2v) is 4.39. The van der Waals surface area contributed by atoms with Crippen molar-refractivity contribution < 1.29 is 9.53 Å². The summed E-state index contributed by atoms with van der Waals surface area (Å²) in [6.45, 7) is 1.81. The Kier molecular flexibility index (Phi) is 8.13. The maximum atomic E-state index is 11.9. The van der Waals surface area contributed by atoms with E-state index in [1.165, 1.54) is 0 Å². The molecule has 0 heterocycles. The molecule has 0 aliphatic heterocycles. The average Bonchev–Trinajstić information content (AvgIpc) is 2.49. The highest BCUT2D eigenvalue weighted by Crippen LogP contribution is 2.03. The first-order valence-electron chi connectivity index (χ1n) is 6.84. The van der Waals surface area contributed by atoms with E-state index >= 15 is 0 Å². The third kappa shape index (κ3) is 6.37. The van der Waals surface area contributed by atoms with Gasteiger partial charge in [-0.25, -0.2) is 0 Å². The van der Waals surface area contributed by atoms with E-state index in [4.69, 9.17) is 10.5 Å². The van der Waals surface area contributed by atoms with Gasteiger partial charge in [0, 0.05) is 31.4 Å². The van der Waals surface area contributed by atoms with Crippen molar-refractivity contribution in [3.63, 3.8) is 0 Å². The zero-order valence-electron chi connectivity index (χ0n) is 11.9. The molecule has 0 aliphatic carbocycles. The van der Waals surface area contributed by atoms with Gasteiger partial charge in [-0.05, 0) is 43.5 Å². The summed E-state index contributed by atoms with van der Waals surface area (Å²) in [5.74, 6) is 5.66. The van der Waals surface area contributed by atoms with Crippen molar-refractivity contribution in [1.29, 1.82) is 0 Å². The summed E-state index contributed by atoms with van der Waals surface area (Å²) in [5.41, 5.74) is 6.83. The lowest BCUT2D eigenvalue weighted by Crippen LogP contribution is -2.24. The van der Waals surface area contributed by atoms with Crippen molar-refractivity contribution >= 4 is 5.91 Å². The largest absolute Gasteiger partial charge is 0.385 e. The second kappa shape index (κ2) is 10.0. The van der Waals surface area contributed by atoms with Crippen LogP contribution in [0.15, 0.2) is 24.3 Å². The first-order chi connectivity index (χ1) is 9.77. The van der Waals surface area contributed by atoms with Gasteiger partial charge in [0.05, 0.1) is 6.54 Å². The van der Waals surface area contributed by atoms with Crippen LogP contribution in [0.3, 0.4) is 0 Å². The molecule has 0 saturated heterocycles. The number of ether oxygens (including phenoxy) is 1. The Hall–Kier alpha value is -1.83. The number of carbonyl (C=O) groups is 1. The van der Waals surface area contributed by atoms with Crippen LogP contribution in [-0.2, 0) is 4.74 Å². The summed E-state index contributed by atoms with van der Waals surface area (Å²) in [4.78, 5) is 11.9. The number of nitrogens with one attached hydrogen (secondary N) is 1. The molecule has 0 unspecified atom stereocenters. The SMILES string of the molecule is COCCCCCNC(=O)c1ccc(C#CCN)cc1. The third-order valence-electron chi connectivity index (χ3n) is 2.79. The normalized spacial score (nSPS) is 9.70. The van der Waals surface area contributed by atoms with E-state index in [1.54, 1.807) is 19.2 Å². The standard InChI is InChI=1S/C16H22N2O2/c1-20-13-4-2-3-12-18-16(19)15-9-7-14(8-10-15)6-5-11-17/h7-10H,2-4,11-13,17H2,1H3,(H,18,19). The lowest BCUT2D eigenvalue weighted by molar-refractivity contribution is 0.0952. The van der Waals surface area contributed by atoms with Crippen LogP contribution < -0.4 is 11.1 Å². The third-order valence-corrected chi connectivity index (χ3v) is 2.79. The quantitative estimate of drug-likeness (QED) is 0.585. The van der Waals surface area contributed by atoms with E-state index in [9.17, 15) is 4.79 Å². The van der Waals surface area contributed by atoms with Crippen molar-refractivity contribution in [2.75, 3.05) is 26.8 Å². The Labute approximate surface area is 120 Å². The Morgan fingerprint density at radius 1 is 1.25 bits per heavy atom. The van der Waals surface area contributed by atoms with Gasteiger partial charge in [0.1, 0.15) is 0 Å². The molecule has 0 aromatic heterocycles. The predicted molar refractivity (Wildman–Crippen MR) is 80.4 cm³/mol. The van der Waals surface area contributed by atoms with Crippen LogP contribution >= 0.6 is 0 Å². The smallest absolute Gasteiger partial charge is 0.251 e. The van der Waals surface area contributed by atoms with Crippen molar-refractivity contribution in [3.05, 3.63) is 35.4 Å². The highest BCUT2D eigenvalue weighted by atomic mass is 16.5. The summed E-state index contributed by atoms with van der Waals surface area (Å²) in [6.07, 6.45) is 3.05. The van der Waals surface area contributed by atoms with E-state index < -0.39 is 0 Å². The minimum Gasteiger partial charge on any atom is -0.385 e. The molecule has 0 spiro atoms. The summed E-state index contributed by atoms with van der Waals surface area (Å²) in [5, 5.41) is 2.90. The number of unbranched alkanes of at least 4 members (excludes halogenated alkanes) is 2. The minimum absolute atomic E-state index is 0.0462. The molecule has 0 fully saturated rings. The number of hydrogen-bond donors (Lipinski definition) is 2. The second-order valence-electron chi connectivity index (χ2n) is 4.39. The number of amides is 1. The number of nitrogens with two attached hydrogens (primary N) is 1. The molecule has 0 aliphatic rings. The zero-order valence-corrected chi connectivity index (χ0v) is 11.9. The maximum Gasteiger partial charge on any atom is 0.251 e. The molecule has 20 heavy (non-hydrogen) atoms. The van der Waals surface area contributed by atoms with Crippen LogP contribution in [0.1, 0.15) is 35.2 Å². The van der Waals surface area contributed by atoms with Gasteiger partial charge in [-0.3, -0.25) is 4.79 Å². The molecule has 0 bridgehead atoms. The molecular weight excluding hydrogens is 252 g/mol. The van der Waals surface area contributed by atoms with Crippen LogP contribution in [0.25, 0.3) is 0 Å². The van der Waals surface area contributed by atoms with E-state index in [0.717, 1.165) is 31.4 Å². The fourth-order valence-corrected chi connectivity index (χ4v) is 1.71. The Balaban J connectivity index is 2.32. The summed E-state index contributed by atoms with van der Waals surface area (Å²) in [7, 11) is 1.70. The van der Waals surface area contributed by atoms with E-state index in [-0.39, 0.29) is 5.91 Å². The number of hydrogen-bond acceptors (Lipinski definition) is 3. The average molecular weight is 274 g/mol. The lowest BCUT2D eigenvalue weighted by Gasteiger charge is -2.05. The first kappa shape index (κ1) is 16.2. The Bertz CT molecular complexity index is 458. The number of rotatable bonds is 7. The fourth-order valence-electron chi connectivity index (χ4n) is 1.71. The molecule has 1 amide bonds. The van der Waals surface area contributed by atoms with Gasteiger partial charge in [-0.15, -0.1) is 0 Å². The minimum atomic E-state index is -0.0462. The molecule has 1 aromatic carbocycles. The topological polar surface area (TPSA) is 64.3 Å². The number of methoxy groups -OCH3 is 1. The van der Waals surface area contributed by atoms with Crippen LogP contribution in [-0.4, -0.2) is 32.7 Å². The maximum absolute atomic E-state index is 11.9. The summed E-state index contributed by atoms with van der Waals surface area (Å²) in [6, 6.07) is 7.22. The van der Waals surface area contributed by atoms with Gasteiger partial charge in [0.15, 0.2) is 0 Å². The van der Waals surface area contributed by atoms with Crippen LogP contribution in [0, 0.1) is 11.8 Å². The van der Waals surface area contributed by atoms with E-state index in [0.29, 0.717) is 18.7 Å². The molecule has 4 heteroatoms. The number of carbonyl (C=O) groups excluding carboxylic acids is 1. The van der Waals surface area contributed by atoms with Gasteiger partial charge < -0.3 is 15.8 Å². The lowest BCUT2D eigenvalue weighted by atomic mass is 10.1. The molecule has 1 aromatic rings. The summed E-state index contributed by atoms with van der Waals surface area (Å²) >= 11 is 0. The van der Waals surface area contributed by atoms with Gasteiger partial charge >= 0.3 is 0 Å². The summed E-state index contributed by atoms with van der Waals surface area (Å²) < 4.78 is 4.97. The Morgan fingerprint density at radius 3 is 2.65 bits per heavy atom. The molecule has 1 rings (SSSR count). The van der Waals surface area contributed by atoms with E-state index in [2.05, 4.69) is 17.2 Å². The van der Waals surface area contributed by atoms with Gasteiger partial charge in [-0.2, -0.15) is 0 Å². The molecule has 0 saturated carbocycles. The first-order valence-corrected chi connectivity index (χ1v) is 6.84. The zero-order chi connectivity index (χ0) is 14.6. The highest BCUT2D eigenvalue weighted by Gasteiger charge is 2.03. The van der Waals surface area contributed by atoms with Crippen molar-refractivity contribution in [2.24, 2.45) is 5.73 Å². The van der Waals surface area contributed by atoms with Gasteiger partial charge in [0.2, 0.25) is 0 Å². The molecule has 0 atom stereocenters. The fraction of sp³-hybridized carbons (Fsp3) is 0.438. The van der Waals surface area contributed by atoms with Crippen molar-refractivity contribution in [3.8, 4) is 11.8 Å². The van der Waals surface area contributed by atoms with Gasteiger partial charge in [0.25, 0.3) is 5.91 Å². The highest BCUT2D eigenvalue weighted by molar-refractivity contribution is 5.94. The number of benzene rings is 1. The van der Waals surface area contributed by atoms with Crippen LogP contribution in [0.2, 0.25) is 0 Å². The van der Waals surface area contributed by atoms with Gasteiger partial charge in [-0.1, -0.05) is 11.8 Å². The van der Waals surface area contributed by atoms with Crippen LogP contribution in [0.4, 0.5) is 0 Å². The van der Waals surface area contributed by atoms with E-state index in [1.807, 2.05) is 12.1 Å². The molecule has 0 radical (unpaired) electrons. The molecule has 3 N–H and O–H groups in total. The predicted octanol–water partition coefficient (Wildman–Crippen LogP) is 1.54.